The molecule has 0 amide bonds. The van der Waals surface area contributed by atoms with E-state index < -0.39 is 5.60 Å². The summed E-state index contributed by atoms with van der Waals surface area (Å²) in [7, 11) is 3.39. The van der Waals surface area contributed by atoms with Crippen molar-refractivity contribution in [3.05, 3.63) is 197 Å². The van der Waals surface area contributed by atoms with E-state index >= 15 is 0 Å². The van der Waals surface area contributed by atoms with E-state index in [1.807, 2.05) is 84.9 Å². The Morgan fingerprint density at radius 2 is 1.07 bits per heavy atom. The van der Waals surface area contributed by atoms with Gasteiger partial charge in [0.1, 0.15) is 23.0 Å². The van der Waals surface area contributed by atoms with Crippen molar-refractivity contribution in [1.82, 2.24) is 0 Å². The van der Waals surface area contributed by atoms with E-state index in [9.17, 15) is 4.79 Å². The second kappa shape index (κ2) is 13.6. The summed E-state index contributed by atoms with van der Waals surface area (Å²) in [4.78, 5) is 16.2. The second-order valence-corrected chi connectivity index (χ2v) is 13.5. The van der Waals surface area contributed by atoms with Crippen LogP contribution < -0.4 is 19.1 Å². The highest BCUT2D eigenvalue weighted by Gasteiger charge is 2.55. The standard InChI is InChI=1S/C48H37NO5/c1-51-36-26-24-34(39(28-36)32-14-5-3-6-15-32)30-49(31-35-25-27-37(52-2)29-40(35)33-16-7-4-8-17-33)43-21-13-23-45-46(43)48(42-20-11-12-22-44(42)53-45)41-19-10-9-18-38(41)47(50)54-48/h3-29H,30-31H2,1-2H3. The van der Waals surface area contributed by atoms with Crippen molar-refractivity contribution in [2.45, 2.75) is 18.7 Å². The molecule has 0 bridgehead atoms. The van der Waals surface area contributed by atoms with Crippen LogP contribution in [0.15, 0.2) is 164 Å². The zero-order chi connectivity index (χ0) is 36.6. The number of carbonyl (C=O) groups is 1. The third kappa shape index (κ3) is 5.55. The fraction of sp³-hybridized carbons (Fsp3) is 0.104. The van der Waals surface area contributed by atoms with Crippen LogP contribution in [0.5, 0.6) is 23.0 Å². The van der Waals surface area contributed by atoms with E-state index in [1.54, 1.807) is 14.2 Å². The highest BCUT2D eigenvalue weighted by atomic mass is 16.6. The van der Waals surface area contributed by atoms with E-state index in [-0.39, 0.29) is 5.97 Å². The van der Waals surface area contributed by atoms with Gasteiger partial charge in [0.25, 0.3) is 0 Å². The molecule has 0 aromatic heterocycles. The van der Waals surface area contributed by atoms with Gasteiger partial charge < -0.3 is 23.8 Å². The van der Waals surface area contributed by atoms with E-state index in [1.165, 1.54) is 0 Å². The number of methoxy groups -OCH3 is 2. The van der Waals surface area contributed by atoms with E-state index in [2.05, 4.69) is 83.8 Å². The number of fused-ring (bicyclic) bond motifs is 6. The molecule has 2 aliphatic rings. The number of rotatable bonds is 9. The Morgan fingerprint density at radius 1 is 0.537 bits per heavy atom. The maximum Gasteiger partial charge on any atom is 0.340 e. The number of para-hydroxylation sites is 1. The average molecular weight is 708 g/mol. The summed E-state index contributed by atoms with van der Waals surface area (Å²) in [6.45, 7) is 1.02. The van der Waals surface area contributed by atoms with Gasteiger partial charge in [0.2, 0.25) is 0 Å². The fourth-order valence-corrected chi connectivity index (χ4v) is 7.98. The summed E-state index contributed by atoms with van der Waals surface area (Å²) in [6.07, 6.45) is 0. The zero-order valence-electron chi connectivity index (χ0n) is 30.0. The number of hydrogen-bond acceptors (Lipinski definition) is 6. The van der Waals surface area contributed by atoms with Crippen molar-refractivity contribution < 1.29 is 23.7 Å². The third-order valence-corrected chi connectivity index (χ3v) is 10.5. The van der Waals surface area contributed by atoms with E-state index in [0.717, 1.165) is 67.3 Å². The molecule has 0 saturated carbocycles. The molecule has 2 heterocycles. The Balaban J connectivity index is 1.29. The Hall–Kier alpha value is -6.79. The van der Waals surface area contributed by atoms with Gasteiger partial charge in [-0.3, -0.25) is 0 Å². The Morgan fingerprint density at radius 3 is 1.69 bits per heavy atom. The van der Waals surface area contributed by atoms with Crippen LogP contribution in [0.3, 0.4) is 0 Å². The largest absolute Gasteiger partial charge is 0.497 e. The first-order valence-electron chi connectivity index (χ1n) is 18.0. The summed E-state index contributed by atoms with van der Waals surface area (Å²) in [5.74, 6) is 2.48. The Kier molecular flexibility index (Phi) is 8.35. The molecule has 0 saturated heterocycles. The van der Waals surface area contributed by atoms with Gasteiger partial charge in [-0.25, -0.2) is 4.79 Å². The molecule has 2 aliphatic heterocycles. The summed E-state index contributed by atoms with van der Waals surface area (Å²) < 4.78 is 24.8. The summed E-state index contributed by atoms with van der Waals surface area (Å²) in [6, 6.07) is 54.9. The maximum atomic E-state index is 13.8. The van der Waals surface area contributed by atoms with Gasteiger partial charge in [0.15, 0.2) is 5.60 Å². The van der Waals surface area contributed by atoms with E-state index in [4.69, 9.17) is 18.9 Å². The van der Waals surface area contributed by atoms with Crippen molar-refractivity contribution >= 4 is 11.7 Å². The lowest BCUT2D eigenvalue weighted by Crippen LogP contribution is -2.36. The summed E-state index contributed by atoms with van der Waals surface area (Å²) in [5.41, 5.74) is 9.06. The van der Waals surface area contributed by atoms with Crippen LogP contribution in [0.2, 0.25) is 0 Å². The minimum atomic E-state index is -1.24. The SMILES string of the molecule is COc1ccc(CN(Cc2ccc(OC)cc2-c2ccccc2)c2cccc3c2C2(OC(=O)c4ccccc42)c2ccccc2O3)c(-c2ccccc2)c1. The normalized spacial score (nSPS) is 15.0. The lowest BCUT2D eigenvalue weighted by Gasteiger charge is -2.40. The average Bonchev–Trinajstić information content (AvgIpc) is 3.53. The van der Waals surface area contributed by atoms with Crippen molar-refractivity contribution in [3.63, 3.8) is 0 Å². The summed E-state index contributed by atoms with van der Waals surface area (Å²) >= 11 is 0. The monoisotopic (exact) mass is 707 g/mol. The molecule has 1 unspecified atom stereocenters. The smallest absolute Gasteiger partial charge is 0.340 e. The molecule has 54 heavy (non-hydrogen) atoms. The molecule has 0 fully saturated rings. The first-order chi connectivity index (χ1) is 26.6. The number of nitrogens with zero attached hydrogens (tertiary/aromatic N) is 1. The third-order valence-electron chi connectivity index (χ3n) is 10.5. The number of carbonyl (C=O) groups excluding carboxylic acids is 1. The second-order valence-electron chi connectivity index (χ2n) is 13.5. The van der Waals surface area contributed by atoms with Gasteiger partial charge in [-0.2, -0.15) is 0 Å². The Labute approximate surface area is 314 Å². The predicted molar refractivity (Wildman–Crippen MR) is 211 cm³/mol. The highest BCUT2D eigenvalue weighted by molar-refractivity contribution is 5.97. The molecule has 0 N–H and O–H groups in total. The molecule has 0 aliphatic carbocycles. The van der Waals surface area contributed by atoms with Crippen molar-refractivity contribution in [3.8, 4) is 45.3 Å². The molecule has 7 aromatic carbocycles. The number of ether oxygens (including phenoxy) is 4. The quantitative estimate of drug-likeness (QED) is 0.139. The topological polar surface area (TPSA) is 57.2 Å². The molecule has 9 rings (SSSR count). The van der Waals surface area contributed by atoms with Crippen LogP contribution in [0.1, 0.15) is 38.2 Å². The molecule has 6 heteroatoms. The van der Waals surface area contributed by atoms with Gasteiger partial charge >= 0.3 is 5.97 Å². The van der Waals surface area contributed by atoms with Gasteiger partial charge in [-0.05, 0) is 81.9 Å². The van der Waals surface area contributed by atoms with Gasteiger partial charge in [0.05, 0.1) is 25.3 Å². The number of hydrogen-bond donors (Lipinski definition) is 0. The highest BCUT2D eigenvalue weighted by Crippen LogP contribution is 2.58. The van der Waals surface area contributed by atoms with Crippen LogP contribution in [-0.2, 0) is 23.4 Å². The number of benzene rings is 7. The first kappa shape index (κ1) is 33.1. The minimum Gasteiger partial charge on any atom is -0.497 e. The molecule has 6 nitrogen and oxygen atoms in total. The minimum absolute atomic E-state index is 0.363. The zero-order valence-corrected chi connectivity index (χ0v) is 30.0. The van der Waals surface area contributed by atoms with Crippen LogP contribution >= 0.6 is 0 Å². The van der Waals surface area contributed by atoms with Crippen LogP contribution in [0, 0.1) is 0 Å². The Bertz CT molecular complexity index is 2420. The number of anilines is 1. The maximum absolute atomic E-state index is 13.8. The first-order valence-corrected chi connectivity index (χ1v) is 18.0. The molecule has 1 atom stereocenters. The van der Waals surface area contributed by atoms with E-state index in [0.29, 0.717) is 30.2 Å². The van der Waals surface area contributed by atoms with Crippen molar-refractivity contribution in [1.29, 1.82) is 0 Å². The predicted octanol–water partition coefficient (Wildman–Crippen LogP) is 10.8. The van der Waals surface area contributed by atoms with Crippen molar-refractivity contribution in [2.24, 2.45) is 0 Å². The molecule has 7 aromatic rings. The molecular formula is C48H37NO5. The lowest BCUT2D eigenvalue weighted by molar-refractivity contribution is 0.0225. The van der Waals surface area contributed by atoms with Gasteiger partial charge in [-0.15, -0.1) is 0 Å². The summed E-state index contributed by atoms with van der Waals surface area (Å²) in [5, 5.41) is 0. The lowest BCUT2D eigenvalue weighted by atomic mass is 9.76. The fourth-order valence-electron chi connectivity index (χ4n) is 7.98. The van der Waals surface area contributed by atoms with Crippen molar-refractivity contribution in [2.75, 3.05) is 19.1 Å². The van der Waals surface area contributed by atoms with Crippen LogP contribution in [0.4, 0.5) is 5.69 Å². The van der Waals surface area contributed by atoms with Crippen LogP contribution in [-0.4, -0.2) is 20.2 Å². The van der Waals surface area contributed by atoms with Gasteiger partial charge in [-0.1, -0.05) is 115 Å². The molecule has 264 valence electrons. The molecule has 0 radical (unpaired) electrons. The molecular weight excluding hydrogens is 671 g/mol. The molecule has 1 spiro atoms. The van der Waals surface area contributed by atoms with Crippen LogP contribution in [0.25, 0.3) is 22.3 Å². The van der Waals surface area contributed by atoms with Gasteiger partial charge in [0, 0.05) is 29.9 Å². The number of esters is 1.